The van der Waals surface area contributed by atoms with E-state index < -0.39 is 0 Å². The summed E-state index contributed by atoms with van der Waals surface area (Å²) in [5, 5.41) is 3.80. The van der Waals surface area contributed by atoms with Crippen molar-refractivity contribution in [2.75, 3.05) is 7.11 Å². The van der Waals surface area contributed by atoms with E-state index in [4.69, 9.17) is 9.26 Å². The molecule has 0 aliphatic heterocycles. The monoisotopic (exact) mass is 203 g/mol. The van der Waals surface area contributed by atoms with E-state index in [0.717, 1.165) is 5.56 Å². The number of carbonyl (C=O) groups is 1. The number of rotatable bonds is 3. The van der Waals surface area contributed by atoms with Gasteiger partial charge in [0, 0.05) is 5.56 Å². The minimum absolute atomic E-state index is 0.142. The van der Waals surface area contributed by atoms with Crippen LogP contribution in [0.5, 0.6) is 5.95 Å². The van der Waals surface area contributed by atoms with Gasteiger partial charge in [0.1, 0.15) is 11.3 Å². The van der Waals surface area contributed by atoms with Gasteiger partial charge in [0.25, 0.3) is 0 Å². The Balaban J connectivity index is 2.54. The minimum Gasteiger partial charge on any atom is -0.467 e. The summed E-state index contributed by atoms with van der Waals surface area (Å²) in [5.41, 5.74) is 1.66. The maximum atomic E-state index is 10.9. The van der Waals surface area contributed by atoms with Crippen molar-refractivity contribution >= 4 is 6.29 Å². The molecule has 0 saturated carbocycles. The second-order valence-corrected chi connectivity index (χ2v) is 2.92. The van der Waals surface area contributed by atoms with Crippen molar-refractivity contribution < 1.29 is 14.1 Å². The van der Waals surface area contributed by atoms with Crippen LogP contribution in [0, 0.1) is 0 Å². The molecule has 0 aliphatic rings. The molecule has 1 heterocycles. The highest BCUT2D eigenvalue weighted by molar-refractivity contribution is 5.88. The van der Waals surface area contributed by atoms with Crippen molar-refractivity contribution in [3.63, 3.8) is 0 Å². The Bertz CT molecular complexity index is 462. The molecule has 0 fully saturated rings. The third-order valence-corrected chi connectivity index (χ3v) is 2.05. The van der Waals surface area contributed by atoms with E-state index in [1.54, 1.807) is 0 Å². The van der Waals surface area contributed by atoms with Crippen LogP contribution < -0.4 is 4.74 Å². The first-order valence-corrected chi connectivity index (χ1v) is 4.41. The Morgan fingerprint density at radius 1 is 1.33 bits per heavy atom. The van der Waals surface area contributed by atoms with Gasteiger partial charge < -0.3 is 9.26 Å². The Hall–Kier alpha value is -2.10. The van der Waals surface area contributed by atoms with Gasteiger partial charge >= 0.3 is 5.95 Å². The van der Waals surface area contributed by atoms with Gasteiger partial charge in [-0.25, -0.2) is 0 Å². The third-order valence-electron chi connectivity index (χ3n) is 2.05. The van der Waals surface area contributed by atoms with Crippen molar-refractivity contribution in [3.8, 4) is 17.2 Å². The van der Waals surface area contributed by atoms with Crippen LogP contribution in [0.15, 0.2) is 34.9 Å². The van der Waals surface area contributed by atoms with Gasteiger partial charge in [0.15, 0.2) is 6.29 Å². The average molecular weight is 203 g/mol. The zero-order valence-corrected chi connectivity index (χ0v) is 8.14. The predicted molar refractivity (Wildman–Crippen MR) is 53.9 cm³/mol. The molecule has 4 heteroatoms. The Labute approximate surface area is 86.5 Å². The molecular formula is C11H9NO3. The van der Waals surface area contributed by atoms with Gasteiger partial charge in [-0.3, -0.25) is 4.79 Å². The van der Waals surface area contributed by atoms with Crippen molar-refractivity contribution in [1.82, 2.24) is 5.16 Å². The number of hydrogen-bond acceptors (Lipinski definition) is 4. The summed E-state index contributed by atoms with van der Waals surface area (Å²) in [6.07, 6.45) is 0.678. The third kappa shape index (κ3) is 1.61. The lowest BCUT2D eigenvalue weighted by atomic mass is 10.1. The van der Waals surface area contributed by atoms with E-state index in [9.17, 15) is 4.79 Å². The number of aldehydes is 1. The van der Waals surface area contributed by atoms with Gasteiger partial charge in [-0.05, 0) is 0 Å². The highest BCUT2D eigenvalue weighted by Crippen LogP contribution is 2.28. The van der Waals surface area contributed by atoms with Crippen LogP contribution in [0.3, 0.4) is 0 Å². The molecule has 1 aromatic carbocycles. The standard InChI is InChI=1S/C11H9NO3/c1-14-11-9(7-13)10(12-15-11)8-5-3-2-4-6-8/h2-7H,1H3. The Morgan fingerprint density at radius 3 is 2.67 bits per heavy atom. The van der Waals surface area contributed by atoms with Crippen LogP contribution in [0.1, 0.15) is 10.4 Å². The fourth-order valence-electron chi connectivity index (χ4n) is 1.34. The lowest BCUT2D eigenvalue weighted by molar-refractivity contribution is 0.111. The molecule has 2 aromatic rings. The Morgan fingerprint density at radius 2 is 2.07 bits per heavy atom. The van der Waals surface area contributed by atoms with Gasteiger partial charge in [-0.2, -0.15) is 0 Å². The van der Waals surface area contributed by atoms with E-state index in [1.165, 1.54) is 7.11 Å². The van der Waals surface area contributed by atoms with Gasteiger partial charge in [0.05, 0.1) is 7.11 Å². The zero-order chi connectivity index (χ0) is 10.7. The largest absolute Gasteiger partial charge is 0.467 e. The summed E-state index contributed by atoms with van der Waals surface area (Å²) in [4.78, 5) is 10.9. The summed E-state index contributed by atoms with van der Waals surface area (Å²) in [6, 6.07) is 9.33. The number of methoxy groups -OCH3 is 1. The van der Waals surface area contributed by atoms with Gasteiger partial charge in [-0.1, -0.05) is 35.5 Å². The molecule has 0 bridgehead atoms. The van der Waals surface area contributed by atoms with Gasteiger partial charge in [-0.15, -0.1) is 0 Å². The fourth-order valence-corrected chi connectivity index (χ4v) is 1.34. The highest BCUT2D eigenvalue weighted by atomic mass is 16.6. The molecule has 15 heavy (non-hydrogen) atoms. The number of aromatic nitrogens is 1. The number of ether oxygens (including phenoxy) is 1. The van der Waals surface area contributed by atoms with Crippen LogP contribution >= 0.6 is 0 Å². The zero-order valence-electron chi connectivity index (χ0n) is 8.14. The molecule has 0 saturated heterocycles. The van der Waals surface area contributed by atoms with E-state index in [-0.39, 0.29) is 5.95 Å². The molecule has 76 valence electrons. The molecule has 0 spiro atoms. The summed E-state index contributed by atoms with van der Waals surface area (Å²) >= 11 is 0. The first-order valence-electron chi connectivity index (χ1n) is 4.41. The summed E-state index contributed by atoms with van der Waals surface area (Å²) < 4.78 is 9.76. The number of nitrogens with zero attached hydrogens (tertiary/aromatic N) is 1. The van der Waals surface area contributed by atoms with Crippen molar-refractivity contribution in [3.05, 3.63) is 35.9 Å². The molecule has 0 N–H and O–H groups in total. The van der Waals surface area contributed by atoms with Crippen LogP contribution in [0.4, 0.5) is 0 Å². The quantitative estimate of drug-likeness (QED) is 0.717. The summed E-state index contributed by atoms with van der Waals surface area (Å²) in [5.74, 6) is 0.142. The molecule has 4 nitrogen and oxygen atoms in total. The summed E-state index contributed by atoms with van der Waals surface area (Å²) in [6.45, 7) is 0. The lowest BCUT2D eigenvalue weighted by Crippen LogP contribution is -1.87. The molecule has 0 amide bonds. The molecular weight excluding hydrogens is 194 g/mol. The van der Waals surface area contributed by atoms with Crippen molar-refractivity contribution in [2.24, 2.45) is 0 Å². The maximum absolute atomic E-state index is 10.9. The smallest absolute Gasteiger partial charge is 0.322 e. The normalized spacial score (nSPS) is 9.93. The van der Waals surface area contributed by atoms with E-state index >= 15 is 0 Å². The van der Waals surface area contributed by atoms with Crippen LogP contribution in [-0.4, -0.2) is 18.6 Å². The molecule has 1 aromatic heterocycles. The average Bonchev–Trinajstić information content (AvgIpc) is 2.72. The van der Waals surface area contributed by atoms with Crippen LogP contribution in [0.25, 0.3) is 11.3 Å². The van der Waals surface area contributed by atoms with Crippen molar-refractivity contribution in [2.45, 2.75) is 0 Å². The first-order chi connectivity index (χ1) is 7.36. The fraction of sp³-hybridized carbons (Fsp3) is 0.0909. The second-order valence-electron chi connectivity index (χ2n) is 2.92. The summed E-state index contributed by atoms with van der Waals surface area (Å²) in [7, 11) is 1.43. The maximum Gasteiger partial charge on any atom is 0.322 e. The highest BCUT2D eigenvalue weighted by Gasteiger charge is 2.16. The molecule has 0 unspecified atom stereocenters. The molecule has 0 atom stereocenters. The van der Waals surface area contributed by atoms with Crippen LogP contribution in [0.2, 0.25) is 0 Å². The van der Waals surface area contributed by atoms with Crippen LogP contribution in [-0.2, 0) is 0 Å². The van der Waals surface area contributed by atoms with Crippen molar-refractivity contribution in [1.29, 1.82) is 0 Å². The molecule has 0 aliphatic carbocycles. The van der Waals surface area contributed by atoms with E-state index in [1.807, 2.05) is 30.3 Å². The minimum atomic E-state index is 0.142. The first kappa shape index (κ1) is 9.45. The Kier molecular flexibility index (Phi) is 2.49. The lowest BCUT2D eigenvalue weighted by Gasteiger charge is -1.95. The van der Waals surface area contributed by atoms with E-state index in [0.29, 0.717) is 17.5 Å². The number of benzene rings is 1. The topological polar surface area (TPSA) is 52.3 Å². The number of hydrogen-bond donors (Lipinski definition) is 0. The molecule has 2 rings (SSSR count). The van der Waals surface area contributed by atoms with Gasteiger partial charge in [0.2, 0.25) is 0 Å². The number of carbonyl (C=O) groups excluding carboxylic acids is 1. The second kappa shape index (κ2) is 3.96. The molecule has 0 radical (unpaired) electrons. The van der Waals surface area contributed by atoms with E-state index in [2.05, 4.69) is 5.16 Å². The predicted octanol–water partition coefficient (Wildman–Crippen LogP) is 2.16. The SMILES string of the molecule is COc1onc(-c2ccccc2)c1C=O.